The zero-order valence-electron chi connectivity index (χ0n) is 13.1. The lowest BCUT2D eigenvalue weighted by molar-refractivity contribution is 0.241. The minimum atomic E-state index is 0.888. The smallest absolute Gasteiger partial charge is 0.146 e. The molecule has 0 bridgehead atoms. The molecule has 112 valence electrons. The first-order valence-corrected chi connectivity index (χ1v) is 7.52. The second-order valence-corrected chi connectivity index (χ2v) is 5.82. The van der Waals surface area contributed by atoms with E-state index in [9.17, 15) is 0 Å². The maximum Gasteiger partial charge on any atom is 0.146 e. The Labute approximate surface area is 126 Å². The highest BCUT2D eigenvalue weighted by Gasteiger charge is 2.19. The number of piperazine rings is 1. The highest BCUT2D eigenvalue weighted by molar-refractivity contribution is 5.48. The number of rotatable bonds is 3. The highest BCUT2D eigenvalue weighted by atomic mass is 15.3. The summed E-state index contributed by atoms with van der Waals surface area (Å²) < 4.78 is 2.08. The fourth-order valence-electron chi connectivity index (χ4n) is 2.78. The number of aryl methyl sites for hydroxylation is 2. The molecule has 0 N–H and O–H groups in total. The first-order chi connectivity index (χ1) is 10.1. The third-order valence-corrected chi connectivity index (χ3v) is 4.29. The standard InChI is InChI=1S/C16H23N5/c1-13-5-4-6-15(11-13)21-9-7-20(8-10-21)12-16-18-17-14(2)19(16)3/h4-6,11H,7-10,12H2,1-3H3. The van der Waals surface area contributed by atoms with E-state index in [-0.39, 0.29) is 0 Å². The largest absolute Gasteiger partial charge is 0.369 e. The van der Waals surface area contributed by atoms with Gasteiger partial charge >= 0.3 is 0 Å². The van der Waals surface area contributed by atoms with E-state index in [0.717, 1.165) is 44.4 Å². The van der Waals surface area contributed by atoms with Crippen molar-refractivity contribution in [2.24, 2.45) is 7.05 Å². The van der Waals surface area contributed by atoms with Crippen molar-refractivity contribution in [2.75, 3.05) is 31.1 Å². The van der Waals surface area contributed by atoms with E-state index in [1.807, 2.05) is 14.0 Å². The Balaban J connectivity index is 1.59. The third-order valence-electron chi connectivity index (χ3n) is 4.29. The average Bonchev–Trinajstić information content (AvgIpc) is 2.80. The Morgan fingerprint density at radius 2 is 1.81 bits per heavy atom. The molecule has 2 heterocycles. The molecule has 1 aliphatic rings. The van der Waals surface area contributed by atoms with E-state index in [1.54, 1.807) is 0 Å². The van der Waals surface area contributed by atoms with Crippen LogP contribution in [0.5, 0.6) is 0 Å². The average molecular weight is 285 g/mol. The minimum Gasteiger partial charge on any atom is -0.369 e. The highest BCUT2D eigenvalue weighted by Crippen LogP contribution is 2.18. The molecule has 0 spiro atoms. The molecular weight excluding hydrogens is 262 g/mol. The van der Waals surface area contributed by atoms with Gasteiger partial charge in [0.2, 0.25) is 0 Å². The predicted molar refractivity (Wildman–Crippen MR) is 84.4 cm³/mol. The van der Waals surface area contributed by atoms with Crippen molar-refractivity contribution in [3.05, 3.63) is 41.5 Å². The van der Waals surface area contributed by atoms with Crippen LogP contribution in [0, 0.1) is 13.8 Å². The molecule has 1 aliphatic heterocycles. The quantitative estimate of drug-likeness (QED) is 0.861. The lowest BCUT2D eigenvalue weighted by atomic mass is 10.2. The maximum atomic E-state index is 4.26. The second-order valence-electron chi connectivity index (χ2n) is 5.82. The Bertz CT molecular complexity index is 611. The SMILES string of the molecule is Cc1cccc(N2CCN(Cc3nnc(C)n3C)CC2)c1. The molecule has 0 aliphatic carbocycles. The molecule has 1 aromatic heterocycles. The van der Waals surface area contributed by atoms with Gasteiger partial charge in [0.1, 0.15) is 11.6 Å². The van der Waals surface area contributed by atoms with Gasteiger partial charge in [0.15, 0.2) is 0 Å². The van der Waals surface area contributed by atoms with E-state index < -0.39 is 0 Å². The van der Waals surface area contributed by atoms with Crippen molar-refractivity contribution in [1.82, 2.24) is 19.7 Å². The molecule has 0 unspecified atom stereocenters. The fraction of sp³-hybridized carbons (Fsp3) is 0.500. The molecule has 21 heavy (non-hydrogen) atoms. The van der Waals surface area contributed by atoms with Gasteiger partial charge in [0.25, 0.3) is 0 Å². The lowest BCUT2D eigenvalue weighted by Crippen LogP contribution is -2.46. The van der Waals surface area contributed by atoms with Crippen LogP contribution >= 0.6 is 0 Å². The molecule has 2 aromatic rings. The van der Waals surface area contributed by atoms with Crippen LogP contribution in [0.2, 0.25) is 0 Å². The van der Waals surface area contributed by atoms with Crippen molar-refractivity contribution in [2.45, 2.75) is 20.4 Å². The first-order valence-electron chi connectivity index (χ1n) is 7.52. The van der Waals surface area contributed by atoms with Gasteiger partial charge in [-0.2, -0.15) is 0 Å². The first kappa shape index (κ1) is 14.1. The van der Waals surface area contributed by atoms with Crippen LogP contribution in [-0.2, 0) is 13.6 Å². The molecule has 1 fully saturated rings. The van der Waals surface area contributed by atoms with Gasteiger partial charge in [-0.15, -0.1) is 10.2 Å². The van der Waals surface area contributed by atoms with Crippen LogP contribution in [0.1, 0.15) is 17.2 Å². The van der Waals surface area contributed by atoms with Gasteiger partial charge in [-0.25, -0.2) is 0 Å². The Morgan fingerprint density at radius 1 is 1.05 bits per heavy atom. The topological polar surface area (TPSA) is 37.2 Å². The van der Waals surface area contributed by atoms with Crippen molar-refractivity contribution >= 4 is 5.69 Å². The van der Waals surface area contributed by atoms with E-state index in [1.165, 1.54) is 11.3 Å². The number of anilines is 1. The van der Waals surface area contributed by atoms with Gasteiger partial charge in [-0.1, -0.05) is 12.1 Å². The molecule has 0 atom stereocenters. The Morgan fingerprint density at radius 3 is 2.43 bits per heavy atom. The lowest BCUT2D eigenvalue weighted by Gasteiger charge is -2.36. The normalized spacial score (nSPS) is 16.4. The number of hydrogen-bond donors (Lipinski definition) is 0. The summed E-state index contributed by atoms with van der Waals surface area (Å²) in [5.74, 6) is 2.03. The van der Waals surface area contributed by atoms with Crippen LogP contribution in [0.15, 0.2) is 24.3 Å². The second kappa shape index (κ2) is 5.85. The Hall–Kier alpha value is -1.88. The summed E-state index contributed by atoms with van der Waals surface area (Å²) in [7, 11) is 2.04. The number of benzene rings is 1. The number of nitrogens with zero attached hydrogens (tertiary/aromatic N) is 5. The van der Waals surface area contributed by atoms with E-state index >= 15 is 0 Å². The van der Waals surface area contributed by atoms with Crippen molar-refractivity contribution in [1.29, 1.82) is 0 Å². The number of hydrogen-bond acceptors (Lipinski definition) is 4. The summed E-state index contributed by atoms with van der Waals surface area (Å²) in [4.78, 5) is 4.92. The predicted octanol–water partition coefficient (Wildman–Crippen LogP) is 1.75. The summed E-state index contributed by atoms with van der Waals surface area (Å²) in [6.45, 7) is 9.31. The maximum absolute atomic E-state index is 4.26. The molecule has 5 heteroatoms. The molecule has 1 saturated heterocycles. The van der Waals surface area contributed by atoms with Gasteiger partial charge in [-0.3, -0.25) is 4.90 Å². The van der Waals surface area contributed by atoms with E-state index in [0.29, 0.717) is 0 Å². The zero-order valence-corrected chi connectivity index (χ0v) is 13.1. The van der Waals surface area contributed by atoms with Gasteiger partial charge in [0.05, 0.1) is 6.54 Å². The molecule has 0 radical (unpaired) electrons. The summed E-state index contributed by atoms with van der Waals surface area (Å²) in [6, 6.07) is 8.76. The van der Waals surface area contributed by atoms with Crippen LogP contribution in [0.4, 0.5) is 5.69 Å². The van der Waals surface area contributed by atoms with E-state index in [2.05, 4.69) is 55.8 Å². The van der Waals surface area contributed by atoms with Gasteiger partial charge in [0, 0.05) is 38.9 Å². The van der Waals surface area contributed by atoms with Crippen LogP contribution < -0.4 is 4.90 Å². The molecule has 0 saturated carbocycles. The zero-order chi connectivity index (χ0) is 14.8. The van der Waals surface area contributed by atoms with Crippen molar-refractivity contribution in [3.8, 4) is 0 Å². The van der Waals surface area contributed by atoms with Crippen LogP contribution in [-0.4, -0.2) is 45.8 Å². The summed E-state index contributed by atoms with van der Waals surface area (Å²) in [5.41, 5.74) is 2.66. The van der Waals surface area contributed by atoms with Crippen molar-refractivity contribution in [3.63, 3.8) is 0 Å². The molecule has 0 amide bonds. The fourth-order valence-corrected chi connectivity index (χ4v) is 2.78. The van der Waals surface area contributed by atoms with Crippen molar-refractivity contribution < 1.29 is 0 Å². The molecule has 1 aromatic carbocycles. The number of aromatic nitrogens is 3. The summed E-state index contributed by atoms with van der Waals surface area (Å²) >= 11 is 0. The van der Waals surface area contributed by atoms with Gasteiger partial charge in [-0.05, 0) is 31.5 Å². The molecule has 3 rings (SSSR count). The summed E-state index contributed by atoms with van der Waals surface area (Å²) in [6.07, 6.45) is 0. The molecule has 5 nitrogen and oxygen atoms in total. The minimum absolute atomic E-state index is 0.888. The van der Waals surface area contributed by atoms with Crippen LogP contribution in [0.25, 0.3) is 0 Å². The third kappa shape index (κ3) is 3.08. The van der Waals surface area contributed by atoms with Crippen LogP contribution in [0.3, 0.4) is 0 Å². The monoisotopic (exact) mass is 285 g/mol. The summed E-state index contributed by atoms with van der Waals surface area (Å²) in [5, 5.41) is 8.39. The van der Waals surface area contributed by atoms with E-state index in [4.69, 9.17) is 0 Å². The molecular formula is C16H23N5. The Kier molecular flexibility index (Phi) is 3.92. The van der Waals surface area contributed by atoms with Gasteiger partial charge < -0.3 is 9.47 Å².